The molecule has 0 fully saturated rings. The standard InChI is InChI=1S/C21H18ClN5O/c1-14-4-2-3-5-16(14)12-27-13-18(11-23-27)24-21(28)20-10-19(25-26-20)15-6-8-17(22)9-7-15/h2-11,13H,12H2,1H3,(H,24,28)(H,25,26). The van der Waals surface area contributed by atoms with Gasteiger partial charge in [0.15, 0.2) is 0 Å². The van der Waals surface area contributed by atoms with Crippen molar-refractivity contribution in [2.45, 2.75) is 13.5 Å². The molecule has 0 radical (unpaired) electrons. The van der Waals surface area contributed by atoms with Crippen molar-refractivity contribution in [3.63, 3.8) is 0 Å². The molecule has 140 valence electrons. The molecule has 28 heavy (non-hydrogen) atoms. The van der Waals surface area contributed by atoms with Gasteiger partial charge >= 0.3 is 0 Å². The van der Waals surface area contributed by atoms with Crippen LogP contribution in [0.5, 0.6) is 0 Å². The van der Waals surface area contributed by atoms with E-state index in [-0.39, 0.29) is 5.91 Å². The topological polar surface area (TPSA) is 75.6 Å². The number of rotatable bonds is 5. The molecule has 1 amide bonds. The van der Waals surface area contributed by atoms with Crippen LogP contribution < -0.4 is 5.32 Å². The highest BCUT2D eigenvalue weighted by atomic mass is 35.5. The largest absolute Gasteiger partial charge is 0.318 e. The maximum atomic E-state index is 12.5. The number of benzene rings is 2. The van der Waals surface area contributed by atoms with Crippen molar-refractivity contribution in [1.82, 2.24) is 20.0 Å². The number of amides is 1. The molecule has 0 aliphatic rings. The number of aryl methyl sites for hydroxylation is 1. The van der Waals surface area contributed by atoms with E-state index in [0.717, 1.165) is 5.56 Å². The molecule has 2 N–H and O–H groups in total. The SMILES string of the molecule is Cc1ccccc1Cn1cc(NC(=O)c2cc(-c3ccc(Cl)cc3)n[nH]2)cn1. The number of aromatic nitrogens is 4. The van der Waals surface area contributed by atoms with Crippen LogP contribution in [0.4, 0.5) is 5.69 Å². The number of hydrogen-bond donors (Lipinski definition) is 2. The molecule has 0 unspecified atom stereocenters. The lowest BCUT2D eigenvalue weighted by Gasteiger charge is -2.05. The van der Waals surface area contributed by atoms with Gasteiger partial charge < -0.3 is 5.32 Å². The molecule has 6 nitrogen and oxygen atoms in total. The molecule has 7 heteroatoms. The van der Waals surface area contributed by atoms with Crippen LogP contribution in [0.1, 0.15) is 21.6 Å². The van der Waals surface area contributed by atoms with Gasteiger partial charge in [0.25, 0.3) is 5.91 Å². The molecule has 0 saturated heterocycles. The molecule has 4 rings (SSSR count). The first-order valence-electron chi connectivity index (χ1n) is 8.78. The van der Waals surface area contributed by atoms with Crippen LogP contribution in [-0.4, -0.2) is 25.9 Å². The number of nitrogens with zero attached hydrogens (tertiary/aromatic N) is 3. The highest BCUT2D eigenvalue weighted by Crippen LogP contribution is 2.20. The van der Waals surface area contributed by atoms with Gasteiger partial charge in [-0.3, -0.25) is 14.6 Å². The fraction of sp³-hybridized carbons (Fsp3) is 0.0952. The molecule has 0 saturated carbocycles. The van der Waals surface area contributed by atoms with Crippen molar-refractivity contribution >= 4 is 23.2 Å². The second-order valence-corrected chi connectivity index (χ2v) is 6.92. The van der Waals surface area contributed by atoms with Gasteiger partial charge in [0, 0.05) is 16.8 Å². The van der Waals surface area contributed by atoms with Crippen LogP contribution in [0.25, 0.3) is 11.3 Å². The van der Waals surface area contributed by atoms with Crippen molar-refractivity contribution in [3.8, 4) is 11.3 Å². The fourth-order valence-electron chi connectivity index (χ4n) is 2.88. The second-order valence-electron chi connectivity index (χ2n) is 6.48. The van der Waals surface area contributed by atoms with Gasteiger partial charge in [-0.1, -0.05) is 48.0 Å². The zero-order valence-electron chi connectivity index (χ0n) is 15.2. The Morgan fingerprint density at radius 1 is 1.18 bits per heavy atom. The van der Waals surface area contributed by atoms with Crippen LogP contribution in [0.3, 0.4) is 0 Å². The van der Waals surface area contributed by atoms with Crippen molar-refractivity contribution in [3.05, 3.63) is 88.8 Å². The van der Waals surface area contributed by atoms with E-state index in [1.165, 1.54) is 11.1 Å². The molecule has 0 atom stereocenters. The molecule has 2 heterocycles. The summed E-state index contributed by atoms with van der Waals surface area (Å²) in [5.41, 5.74) is 4.95. The third-order valence-electron chi connectivity index (χ3n) is 4.45. The molecule has 2 aromatic carbocycles. The quantitative estimate of drug-likeness (QED) is 0.524. The minimum Gasteiger partial charge on any atom is -0.318 e. The summed E-state index contributed by atoms with van der Waals surface area (Å²) < 4.78 is 1.80. The Hall–Kier alpha value is -3.38. The number of H-pyrrole nitrogens is 1. The predicted octanol–water partition coefficient (Wildman–Crippen LogP) is 4.54. The fourth-order valence-corrected chi connectivity index (χ4v) is 3.01. The van der Waals surface area contributed by atoms with E-state index in [4.69, 9.17) is 11.6 Å². The number of aromatic amines is 1. The Labute approximate surface area is 167 Å². The van der Waals surface area contributed by atoms with E-state index in [9.17, 15) is 4.79 Å². The average Bonchev–Trinajstić information content (AvgIpc) is 3.34. The molecular formula is C21H18ClN5O. The number of anilines is 1. The number of carbonyl (C=O) groups excluding carboxylic acids is 1. The second kappa shape index (κ2) is 7.70. The monoisotopic (exact) mass is 391 g/mol. The van der Waals surface area contributed by atoms with Crippen LogP contribution in [0, 0.1) is 6.92 Å². The molecular weight excluding hydrogens is 374 g/mol. The normalized spacial score (nSPS) is 10.8. The van der Waals surface area contributed by atoms with Gasteiger partial charge in [-0.05, 0) is 36.2 Å². The Morgan fingerprint density at radius 3 is 2.75 bits per heavy atom. The first kappa shape index (κ1) is 18.0. The van der Waals surface area contributed by atoms with E-state index < -0.39 is 0 Å². The van der Waals surface area contributed by atoms with Gasteiger partial charge in [0.05, 0.1) is 24.1 Å². The Balaban J connectivity index is 1.44. The highest BCUT2D eigenvalue weighted by molar-refractivity contribution is 6.30. The van der Waals surface area contributed by atoms with Crippen molar-refractivity contribution in [2.75, 3.05) is 5.32 Å². The predicted molar refractivity (Wildman–Crippen MR) is 109 cm³/mol. The summed E-state index contributed by atoms with van der Waals surface area (Å²) in [7, 11) is 0. The smallest absolute Gasteiger partial charge is 0.273 e. The molecule has 0 aliphatic heterocycles. The number of carbonyl (C=O) groups is 1. The van der Waals surface area contributed by atoms with E-state index in [0.29, 0.717) is 28.6 Å². The van der Waals surface area contributed by atoms with Crippen molar-refractivity contribution in [2.24, 2.45) is 0 Å². The Kier molecular flexibility index (Phi) is 4.95. The number of halogens is 1. The maximum Gasteiger partial charge on any atom is 0.273 e. The van der Waals surface area contributed by atoms with E-state index in [2.05, 4.69) is 39.7 Å². The molecule has 0 aliphatic carbocycles. The van der Waals surface area contributed by atoms with Crippen LogP contribution in [0.2, 0.25) is 5.02 Å². The van der Waals surface area contributed by atoms with Crippen LogP contribution >= 0.6 is 11.6 Å². The Bertz CT molecular complexity index is 1110. The summed E-state index contributed by atoms with van der Waals surface area (Å²) in [6.07, 6.45) is 3.44. The minimum atomic E-state index is -0.275. The summed E-state index contributed by atoms with van der Waals surface area (Å²) in [5, 5.41) is 14.8. The van der Waals surface area contributed by atoms with Crippen molar-refractivity contribution in [1.29, 1.82) is 0 Å². The third-order valence-corrected chi connectivity index (χ3v) is 4.70. The van der Waals surface area contributed by atoms with Gasteiger partial charge in [-0.25, -0.2) is 0 Å². The first-order chi connectivity index (χ1) is 13.6. The first-order valence-corrected chi connectivity index (χ1v) is 9.16. The maximum absolute atomic E-state index is 12.5. The molecule has 0 bridgehead atoms. The Morgan fingerprint density at radius 2 is 1.96 bits per heavy atom. The number of hydrogen-bond acceptors (Lipinski definition) is 3. The summed E-state index contributed by atoms with van der Waals surface area (Å²) in [6, 6.07) is 17.1. The van der Waals surface area contributed by atoms with E-state index in [1.807, 2.05) is 24.3 Å². The van der Waals surface area contributed by atoms with E-state index in [1.54, 1.807) is 35.3 Å². The highest BCUT2D eigenvalue weighted by Gasteiger charge is 2.12. The summed E-state index contributed by atoms with van der Waals surface area (Å²) >= 11 is 5.91. The van der Waals surface area contributed by atoms with Crippen molar-refractivity contribution < 1.29 is 4.79 Å². The summed E-state index contributed by atoms with van der Waals surface area (Å²) in [4.78, 5) is 12.5. The zero-order chi connectivity index (χ0) is 19.5. The van der Waals surface area contributed by atoms with Gasteiger partial charge in [0.1, 0.15) is 5.69 Å². The zero-order valence-corrected chi connectivity index (χ0v) is 15.9. The van der Waals surface area contributed by atoms with Crippen LogP contribution in [0.15, 0.2) is 67.0 Å². The van der Waals surface area contributed by atoms with Gasteiger partial charge in [-0.2, -0.15) is 10.2 Å². The summed E-state index contributed by atoms with van der Waals surface area (Å²) in [6.45, 7) is 2.71. The lowest BCUT2D eigenvalue weighted by molar-refractivity contribution is 0.102. The van der Waals surface area contributed by atoms with Gasteiger partial charge in [-0.15, -0.1) is 0 Å². The van der Waals surface area contributed by atoms with Crippen LogP contribution in [-0.2, 0) is 6.54 Å². The van der Waals surface area contributed by atoms with Gasteiger partial charge in [0.2, 0.25) is 0 Å². The molecule has 4 aromatic rings. The molecule has 2 aromatic heterocycles. The van der Waals surface area contributed by atoms with E-state index >= 15 is 0 Å². The lowest BCUT2D eigenvalue weighted by atomic mass is 10.1. The third kappa shape index (κ3) is 3.97. The average molecular weight is 392 g/mol. The molecule has 0 spiro atoms. The lowest BCUT2D eigenvalue weighted by Crippen LogP contribution is -2.11. The summed E-state index contributed by atoms with van der Waals surface area (Å²) in [5.74, 6) is -0.275. The minimum absolute atomic E-state index is 0.275. The number of nitrogens with one attached hydrogen (secondary N) is 2.